The van der Waals surface area contributed by atoms with E-state index < -0.39 is 0 Å². The molecule has 1 aliphatic rings. The predicted molar refractivity (Wildman–Crippen MR) is 158 cm³/mol. The summed E-state index contributed by atoms with van der Waals surface area (Å²) in [6.07, 6.45) is 7.87. The molecule has 0 bridgehead atoms. The maximum atomic E-state index is 14.3. The molecule has 9 heteroatoms. The smallest absolute Gasteiger partial charge is 0.138 e. The summed E-state index contributed by atoms with van der Waals surface area (Å²) in [5, 5.41) is 9.60. The number of hydrogen-bond acceptors (Lipinski definition) is 6. The van der Waals surface area contributed by atoms with Gasteiger partial charge in [0.15, 0.2) is 0 Å². The molecule has 0 unspecified atom stereocenters. The van der Waals surface area contributed by atoms with Crippen LogP contribution in [0.2, 0.25) is 0 Å². The molecule has 41 heavy (non-hydrogen) atoms. The van der Waals surface area contributed by atoms with Gasteiger partial charge in [0.1, 0.15) is 35.3 Å². The van der Waals surface area contributed by atoms with Gasteiger partial charge in [0.25, 0.3) is 0 Å². The average molecular weight is 549 g/mol. The number of pyridine rings is 2. The number of rotatable bonds is 8. The monoisotopic (exact) mass is 548 g/mol. The minimum atomic E-state index is -0.360. The number of aromatic nitrogens is 5. The normalized spacial score (nSPS) is 13.8. The number of methoxy groups -OCH3 is 1. The van der Waals surface area contributed by atoms with Crippen LogP contribution >= 0.6 is 0 Å². The second-order valence-electron chi connectivity index (χ2n) is 10.3. The number of aromatic amines is 2. The molecule has 4 aromatic heterocycles. The largest absolute Gasteiger partial charge is 0.497 e. The number of fused-ring (bicyclic) bond motifs is 2. The van der Waals surface area contributed by atoms with Crippen LogP contribution in [0.25, 0.3) is 55.6 Å². The van der Waals surface area contributed by atoms with Crippen LogP contribution < -0.4 is 9.47 Å². The molecule has 2 N–H and O–H groups in total. The topological polar surface area (TPSA) is 92.0 Å². The van der Waals surface area contributed by atoms with Crippen LogP contribution in [0.15, 0.2) is 73.2 Å². The molecule has 206 valence electrons. The summed E-state index contributed by atoms with van der Waals surface area (Å²) >= 11 is 0. The molecule has 0 amide bonds. The second kappa shape index (κ2) is 10.7. The molecule has 5 heterocycles. The summed E-state index contributed by atoms with van der Waals surface area (Å²) in [4.78, 5) is 14.8. The zero-order valence-corrected chi connectivity index (χ0v) is 22.7. The van der Waals surface area contributed by atoms with Gasteiger partial charge in [-0.05, 0) is 85.1 Å². The molecule has 7 rings (SSSR count). The van der Waals surface area contributed by atoms with E-state index in [4.69, 9.17) is 9.47 Å². The van der Waals surface area contributed by atoms with E-state index in [9.17, 15) is 4.39 Å². The lowest BCUT2D eigenvalue weighted by Gasteiger charge is -2.15. The quantitative estimate of drug-likeness (QED) is 0.227. The maximum Gasteiger partial charge on any atom is 0.138 e. The van der Waals surface area contributed by atoms with Crippen molar-refractivity contribution in [3.63, 3.8) is 0 Å². The molecule has 0 spiro atoms. The van der Waals surface area contributed by atoms with Gasteiger partial charge in [-0.25, -0.2) is 9.37 Å². The number of benzene rings is 2. The molecule has 1 aliphatic heterocycles. The van der Waals surface area contributed by atoms with E-state index in [2.05, 4.69) is 42.2 Å². The van der Waals surface area contributed by atoms with Crippen molar-refractivity contribution in [2.45, 2.75) is 12.8 Å². The minimum Gasteiger partial charge on any atom is -0.497 e. The van der Waals surface area contributed by atoms with Crippen LogP contribution in [0.1, 0.15) is 12.8 Å². The Morgan fingerprint density at radius 1 is 0.902 bits per heavy atom. The summed E-state index contributed by atoms with van der Waals surface area (Å²) in [5.74, 6) is 0.862. The lowest BCUT2D eigenvalue weighted by Crippen LogP contribution is -2.25. The first kappa shape index (κ1) is 25.2. The van der Waals surface area contributed by atoms with E-state index in [1.54, 1.807) is 12.4 Å². The van der Waals surface area contributed by atoms with Crippen LogP contribution in [-0.4, -0.2) is 63.4 Å². The summed E-state index contributed by atoms with van der Waals surface area (Å²) in [6, 6.07) is 16.8. The molecule has 0 atom stereocenters. The van der Waals surface area contributed by atoms with Gasteiger partial charge in [0, 0.05) is 41.3 Å². The highest BCUT2D eigenvalue weighted by atomic mass is 19.1. The van der Waals surface area contributed by atoms with Gasteiger partial charge in [-0.3, -0.25) is 15.0 Å². The first-order valence-electron chi connectivity index (χ1n) is 13.8. The number of nitrogens with one attached hydrogen (secondary N) is 2. The molecule has 0 radical (unpaired) electrons. The van der Waals surface area contributed by atoms with E-state index in [1.165, 1.54) is 32.1 Å². The first-order valence-corrected chi connectivity index (χ1v) is 13.8. The van der Waals surface area contributed by atoms with Crippen molar-refractivity contribution in [3.8, 4) is 45.1 Å². The number of H-pyrrole nitrogens is 2. The van der Waals surface area contributed by atoms with E-state index in [-0.39, 0.29) is 5.82 Å². The van der Waals surface area contributed by atoms with Crippen LogP contribution in [0, 0.1) is 5.82 Å². The highest BCUT2D eigenvalue weighted by Crippen LogP contribution is 2.36. The molecule has 8 nitrogen and oxygen atoms in total. The van der Waals surface area contributed by atoms with E-state index in [1.807, 2.05) is 36.5 Å². The highest BCUT2D eigenvalue weighted by Gasteiger charge is 2.16. The number of hydrogen-bond donors (Lipinski definition) is 2. The Morgan fingerprint density at radius 3 is 2.66 bits per heavy atom. The van der Waals surface area contributed by atoms with Crippen molar-refractivity contribution in [2.24, 2.45) is 0 Å². The van der Waals surface area contributed by atoms with Crippen molar-refractivity contribution in [1.82, 2.24) is 30.0 Å². The van der Waals surface area contributed by atoms with Gasteiger partial charge in [0.05, 0.1) is 24.5 Å². The van der Waals surface area contributed by atoms with Gasteiger partial charge in [0.2, 0.25) is 0 Å². The van der Waals surface area contributed by atoms with Gasteiger partial charge >= 0.3 is 0 Å². The Labute approximate surface area is 236 Å². The first-order chi connectivity index (χ1) is 20.1. The van der Waals surface area contributed by atoms with Crippen molar-refractivity contribution in [1.29, 1.82) is 0 Å². The molecular weight excluding hydrogens is 519 g/mol. The standard InChI is InChI=1S/C32H29FN6O2/c1-40-24-13-21(12-23(33)16-24)26-6-7-35-32-27(26)17-30(36-32)31-28-15-20(4-5-29(28)37-38-31)22-14-25(19-34-18-22)41-11-10-39-8-2-3-9-39/h4-7,12-19H,2-3,8-11H2,1H3,(H,35,36)(H,37,38). The lowest BCUT2D eigenvalue weighted by atomic mass is 10.0. The van der Waals surface area contributed by atoms with Crippen molar-refractivity contribution in [2.75, 3.05) is 33.4 Å². The number of halogens is 1. The van der Waals surface area contributed by atoms with Crippen LogP contribution in [0.3, 0.4) is 0 Å². The van der Waals surface area contributed by atoms with Crippen LogP contribution in [-0.2, 0) is 0 Å². The number of likely N-dealkylation sites (tertiary alicyclic amines) is 1. The van der Waals surface area contributed by atoms with Crippen molar-refractivity contribution >= 4 is 21.9 Å². The fourth-order valence-corrected chi connectivity index (χ4v) is 5.60. The second-order valence-corrected chi connectivity index (χ2v) is 10.3. The summed E-state index contributed by atoms with van der Waals surface area (Å²) in [5.41, 5.74) is 6.73. The van der Waals surface area contributed by atoms with Crippen LogP contribution in [0.4, 0.5) is 4.39 Å². The predicted octanol–water partition coefficient (Wildman–Crippen LogP) is 6.46. The Balaban J connectivity index is 1.21. The molecule has 1 fully saturated rings. The molecular formula is C32H29FN6O2. The zero-order valence-electron chi connectivity index (χ0n) is 22.7. The van der Waals surface area contributed by atoms with Gasteiger partial charge in [-0.15, -0.1) is 0 Å². The molecule has 0 aliphatic carbocycles. The molecule has 0 saturated carbocycles. The Bertz CT molecular complexity index is 1860. The van der Waals surface area contributed by atoms with Gasteiger partial charge < -0.3 is 14.5 Å². The summed E-state index contributed by atoms with van der Waals surface area (Å²) in [6.45, 7) is 3.89. The van der Waals surface area contributed by atoms with Gasteiger partial charge in [-0.1, -0.05) is 6.07 Å². The highest BCUT2D eigenvalue weighted by molar-refractivity contribution is 6.00. The third-order valence-electron chi connectivity index (χ3n) is 7.69. The lowest BCUT2D eigenvalue weighted by molar-refractivity contribution is 0.237. The summed E-state index contributed by atoms with van der Waals surface area (Å²) in [7, 11) is 1.53. The van der Waals surface area contributed by atoms with E-state index >= 15 is 0 Å². The Morgan fingerprint density at radius 2 is 1.78 bits per heavy atom. The van der Waals surface area contributed by atoms with E-state index in [0.717, 1.165) is 69.8 Å². The molecule has 2 aromatic carbocycles. The van der Waals surface area contributed by atoms with Crippen LogP contribution in [0.5, 0.6) is 11.5 Å². The van der Waals surface area contributed by atoms with E-state index in [0.29, 0.717) is 23.6 Å². The summed E-state index contributed by atoms with van der Waals surface area (Å²) < 4.78 is 25.6. The fourth-order valence-electron chi connectivity index (χ4n) is 5.60. The molecule has 1 saturated heterocycles. The maximum absolute atomic E-state index is 14.3. The number of nitrogens with zero attached hydrogens (tertiary/aromatic N) is 4. The van der Waals surface area contributed by atoms with Crippen molar-refractivity contribution in [3.05, 3.63) is 79.0 Å². The molecule has 6 aromatic rings. The SMILES string of the molecule is COc1cc(F)cc(-c2ccnc3[nH]c(-c4n[nH]c5ccc(-c6cncc(OCCN7CCCC7)c6)cc45)cc23)c1. The Kier molecular flexibility index (Phi) is 6.56. The third-order valence-corrected chi connectivity index (χ3v) is 7.69. The van der Waals surface area contributed by atoms with Gasteiger partial charge in [-0.2, -0.15) is 5.10 Å². The Hall–Kier alpha value is -4.76. The number of ether oxygens (including phenoxy) is 2. The van der Waals surface area contributed by atoms with Crippen molar-refractivity contribution < 1.29 is 13.9 Å². The third kappa shape index (κ3) is 5.00. The average Bonchev–Trinajstić information content (AvgIpc) is 3.76. The fraction of sp³-hybridized carbons (Fsp3) is 0.219. The minimum absolute atomic E-state index is 0.360. The zero-order chi connectivity index (χ0) is 27.8.